The predicted octanol–water partition coefficient (Wildman–Crippen LogP) is 1.58. The molecule has 0 aromatic carbocycles. The van der Waals surface area contributed by atoms with Crippen LogP contribution in [0.4, 0.5) is 0 Å². The highest BCUT2D eigenvalue weighted by molar-refractivity contribution is 14.1. The maximum atomic E-state index is 12.5. The summed E-state index contributed by atoms with van der Waals surface area (Å²) < 4.78 is 7.92. The van der Waals surface area contributed by atoms with E-state index in [0.717, 1.165) is 42.1 Å². The summed E-state index contributed by atoms with van der Waals surface area (Å²) in [5.74, 6) is 1.04. The highest BCUT2D eigenvalue weighted by atomic mass is 127. The SMILES string of the molecule is Cn1ncc(I)c1C(=O)N1CCN(Cc2ccco2)CC1. The van der Waals surface area contributed by atoms with E-state index >= 15 is 0 Å². The smallest absolute Gasteiger partial charge is 0.273 e. The van der Waals surface area contributed by atoms with E-state index in [0.29, 0.717) is 5.69 Å². The van der Waals surface area contributed by atoms with Crippen LogP contribution in [0.5, 0.6) is 0 Å². The van der Waals surface area contributed by atoms with Crippen LogP contribution in [0, 0.1) is 3.57 Å². The third-order valence-electron chi connectivity index (χ3n) is 3.72. The standard InChI is InChI=1S/C14H17IN4O2/c1-17-13(12(15)9-16-17)14(20)19-6-4-18(5-7-19)10-11-3-2-8-21-11/h2-3,8-9H,4-7,10H2,1H3. The summed E-state index contributed by atoms with van der Waals surface area (Å²) >= 11 is 2.16. The molecule has 0 N–H and O–H groups in total. The first-order valence-corrected chi connectivity index (χ1v) is 7.94. The maximum absolute atomic E-state index is 12.5. The van der Waals surface area contributed by atoms with Gasteiger partial charge >= 0.3 is 0 Å². The number of aryl methyl sites for hydroxylation is 1. The number of aromatic nitrogens is 2. The van der Waals surface area contributed by atoms with E-state index < -0.39 is 0 Å². The zero-order valence-electron chi connectivity index (χ0n) is 11.8. The average Bonchev–Trinajstić information content (AvgIpc) is 3.09. The number of rotatable bonds is 3. The van der Waals surface area contributed by atoms with Crippen molar-refractivity contribution in [2.75, 3.05) is 26.2 Å². The van der Waals surface area contributed by atoms with Crippen LogP contribution < -0.4 is 0 Å². The van der Waals surface area contributed by atoms with Gasteiger partial charge in [0.1, 0.15) is 11.5 Å². The zero-order chi connectivity index (χ0) is 14.8. The second-order valence-electron chi connectivity index (χ2n) is 5.11. The summed E-state index contributed by atoms with van der Waals surface area (Å²) in [7, 11) is 1.81. The molecule has 0 saturated carbocycles. The van der Waals surface area contributed by atoms with Gasteiger partial charge in [-0.15, -0.1) is 0 Å². The van der Waals surface area contributed by atoms with Crippen LogP contribution >= 0.6 is 22.6 Å². The lowest BCUT2D eigenvalue weighted by molar-refractivity contribution is 0.0608. The van der Waals surface area contributed by atoms with Crippen molar-refractivity contribution in [2.24, 2.45) is 7.05 Å². The number of hydrogen-bond acceptors (Lipinski definition) is 4. The number of furan rings is 1. The number of carbonyl (C=O) groups is 1. The van der Waals surface area contributed by atoms with Crippen LogP contribution in [0.15, 0.2) is 29.0 Å². The number of amides is 1. The molecule has 1 aliphatic rings. The van der Waals surface area contributed by atoms with Crippen LogP contribution in [-0.2, 0) is 13.6 Å². The Balaban J connectivity index is 1.59. The molecule has 0 atom stereocenters. The number of carbonyl (C=O) groups excluding carboxylic acids is 1. The van der Waals surface area contributed by atoms with Gasteiger partial charge in [0.25, 0.3) is 5.91 Å². The van der Waals surface area contributed by atoms with Crippen molar-refractivity contribution in [1.29, 1.82) is 0 Å². The van der Waals surface area contributed by atoms with Crippen LogP contribution in [0.3, 0.4) is 0 Å². The molecule has 0 bridgehead atoms. The first-order valence-electron chi connectivity index (χ1n) is 6.86. The van der Waals surface area contributed by atoms with E-state index in [1.165, 1.54) is 0 Å². The topological polar surface area (TPSA) is 54.5 Å². The van der Waals surface area contributed by atoms with Crippen LogP contribution in [0.1, 0.15) is 16.2 Å². The number of nitrogens with zero attached hydrogens (tertiary/aromatic N) is 4. The molecule has 1 amide bonds. The molecular weight excluding hydrogens is 383 g/mol. The Morgan fingerprint density at radius 1 is 1.38 bits per heavy atom. The molecule has 2 aromatic heterocycles. The number of piperazine rings is 1. The van der Waals surface area contributed by atoms with E-state index in [-0.39, 0.29) is 5.91 Å². The summed E-state index contributed by atoms with van der Waals surface area (Å²) in [5, 5.41) is 4.14. The van der Waals surface area contributed by atoms with Crippen molar-refractivity contribution in [3.8, 4) is 0 Å². The highest BCUT2D eigenvalue weighted by Crippen LogP contribution is 2.15. The van der Waals surface area contributed by atoms with Gasteiger partial charge in [0.15, 0.2) is 0 Å². The summed E-state index contributed by atoms with van der Waals surface area (Å²) in [5.41, 5.74) is 0.676. The van der Waals surface area contributed by atoms with Gasteiger partial charge in [-0.05, 0) is 34.7 Å². The van der Waals surface area contributed by atoms with E-state index in [1.807, 2.05) is 24.1 Å². The second-order valence-corrected chi connectivity index (χ2v) is 6.27. The fraction of sp³-hybridized carbons (Fsp3) is 0.429. The third-order valence-corrected chi connectivity index (χ3v) is 4.51. The molecule has 0 spiro atoms. The van der Waals surface area contributed by atoms with Crippen LogP contribution in [0.2, 0.25) is 0 Å². The van der Waals surface area contributed by atoms with Gasteiger partial charge < -0.3 is 9.32 Å². The van der Waals surface area contributed by atoms with Crippen molar-refractivity contribution >= 4 is 28.5 Å². The number of hydrogen-bond donors (Lipinski definition) is 0. The molecule has 3 rings (SSSR count). The Kier molecular flexibility index (Phi) is 4.29. The van der Waals surface area contributed by atoms with Gasteiger partial charge in [-0.1, -0.05) is 0 Å². The van der Waals surface area contributed by atoms with Gasteiger partial charge in [0.05, 0.1) is 22.6 Å². The van der Waals surface area contributed by atoms with Gasteiger partial charge in [-0.3, -0.25) is 14.4 Å². The van der Waals surface area contributed by atoms with Gasteiger partial charge in [0.2, 0.25) is 0 Å². The van der Waals surface area contributed by atoms with Gasteiger partial charge in [0, 0.05) is 33.2 Å². The Bertz CT molecular complexity index is 595. The maximum Gasteiger partial charge on any atom is 0.273 e. The van der Waals surface area contributed by atoms with Crippen molar-refractivity contribution in [3.05, 3.63) is 39.6 Å². The number of halogens is 1. The van der Waals surface area contributed by atoms with Crippen LogP contribution in [0.25, 0.3) is 0 Å². The molecule has 7 heteroatoms. The molecule has 0 radical (unpaired) electrons. The van der Waals surface area contributed by atoms with Crippen molar-refractivity contribution < 1.29 is 9.21 Å². The molecule has 1 fully saturated rings. The minimum absolute atomic E-state index is 0.0667. The summed E-state index contributed by atoms with van der Waals surface area (Å²) in [6, 6.07) is 3.88. The molecule has 0 aliphatic carbocycles. The fourth-order valence-corrected chi connectivity index (χ4v) is 3.24. The molecule has 0 unspecified atom stereocenters. The normalized spacial score (nSPS) is 16.4. The van der Waals surface area contributed by atoms with Gasteiger partial charge in [-0.2, -0.15) is 5.10 Å². The minimum atomic E-state index is 0.0667. The van der Waals surface area contributed by atoms with E-state index in [4.69, 9.17) is 4.42 Å². The fourth-order valence-electron chi connectivity index (χ4n) is 2.53. The zero-order valence-corrected chi connectivity index (χ0v) is 14.0. The Morgan fingerprint density at radius 2 is 2.14 bits per heavy atom. The van der Waals surface area contributed by atoms with E-state index in [9.17, 15) is 4.79 Å². The van der Waals surface area contributed by atoms with Gasteiger partial charge in [-0.25, -0.2) is 0 Å². The van der Waals surface area contributed by atoms with E-state index in [1.54, 1.807) is 17.1 Å². The van der Waals surface area contributed by atoms with Crippen molar-refractivity contribution in [3.63, 3.8) is 0 Å². The lowest BCUT2D eigenvalue weighted by atomic mass is 10.2. The molecule has 1 saturated heterocycles. The van der Waals surface area contributed by atoms with Crippen molar-refractivity contribution in [1.82, 2.24) is 19.6 Å². The monoisotopic (exact) mass is 400 g/mol. The molecule has 2 aromatic rings. The highest BCUT2D eigenvalue weighted by Gasteiger charge is 2.25. The lowest BCUT2D eigenvalue weighted by Crippen LogP contribution is -2.48. The lowest BCUT2D eigenvalue weighted by Gasteiger charge is -2.34. The molecule has 112 valence electrons. The Labute approximate surface area is 136 Å². The summed E-state index contributed by atoms with van der Waals surface area (Å²) in [6.07, 6.45) is 3.42. The molecule has 1 aliphatic heterocycles. The first kappa shape index (κ1) is 14.6. The minimum Gasteiger partial charge on any atom is -0.468 e. The van der Waals surface area contributed by atoms with Crippen molar-refractivity contribution in [2.45, 2.75) is 6.54 Å². The quantitative estimate of drug-likeness (QED) is 0.735. The third kappa shape index (κ3) is 3.13. The molecule has 3 heterocycles. The second kappa shape index (κ2) is 6.18. The average molecular weight is 400 g/mol. The molecular formula is C14H17IN4O2. The molecule has 6 nitrogen and oxygen atoms in total. The Morgan fingerprint density at radius 3 is 2.71 bits per heavy atom. The van der Waals surface area contributed by atoms with Crippen LogP contribution in [-0.4, -0.2) is 51.7 Å². The Hall–Kier alpha value is -1.35. The molecule has 21 heavy (non-hydrogen) atoms. The largest absolute Gasteiger partial charge is 0.468 e. The van der Waals surface area contributed by atoms with E-state index in [2.05, 4.69) is 32.6 Å². The summed E-state index contributed by atoms with van der Waals surface area (Å²) in [4.78, 5) is 16.8. The first-order chi connectivity index (χ1) is 10.1. The summed E-state index contributed by atoms with van der Waals surface area (Å²) in [6.45, 7) is 4.00. The predicted molar refractivity (Wildman–Crippen MR) is 85.8 cm³/mol.